The molecule has 0 radical (unpaired) electrons. The lowest BCUT2D eigenvalue weighted by molar-refractivity contribution is -0.124. The quantitative estimate of drug-likeness (QED) is 0.679. The van der Waals surface area contributed by atoms with Crippen molar-refractivity contribution in [3.63, 3.8) is 0 Å². The summed E-state index contributed by atoms with van der Waals surface area (Å²) in [6, 6.07) is 3.85. The number of nitrogens with one attached hydrogen (secondary N) is 1. The van der Waals surface area contributed by atoms with Crippen molar-refractivity contribution in [2.24, 2.45) is 0 Å². The van der Waals surface area contributed by atoms with Crippen LogP contribution in [0, 0.1) is 0 Å². The summed E-state index contributed by atoms with van der Waals surface area (Å²) in [6.45, 7) is 2.67. The number of amides is 1. The molecule has 1 aromatic carbocycles. The van der Waals surface area contributed by atoms with E-state index in [4.69, 9.17) is 14.9 Å². The summed E-state index contributed by atoms with van der Waals surface area (Å²) >= 11 is 0. The van der Waals surface area contributed by atoms with E-state index in [9.17, 15) is 9.59 Å². The molecule has 0 spiro atoms. The first kappa shape index (κ1) is 17.1. The number of Topliss-reactive ketones (excluding diaryl/α,β-unsaturated/α-hetero) is 1. The normalized spacial score (nSPS) is 12.1. The molecule has 6 heteroatoms. The molecule has 1 aromatic rings. The molecule has 21 heavy (non-hydrogen) atoms. The topological polar surface area (TPSA) is 95.9 Å². The van der Waals surface area contributed by atoms with Crippen LogP contribution in [-0.2, 0) is 4.79 Å². The fraction of sp³-hybridized carbons (Fsp3) is 0.467. The number of methoxy groups -OCH3 is 1. The second-order valence-corrected chi connectivity index (χ2v) is 4.94. The van der Waals surface area contributed by atoms with Gasteiger partial charge in [0.15, 0.2) is 5.78 Å². The molecular formula is C15H21NO5. The Morgan fingerprint density at radius 2 is 1.95 bits per heavy atom. The summed E-state index contributed by atoms with van der Waals surface area (Å²) in [7, 11) is 1.56. The van der Waals surface area contributed by atoms with Gasteiger partial charge >= 0.3 is 0 Å². The zero-order chi connectivity index (χ0) is 16.0. The Labute approximate surface area is 123 Å². The predicted molar refractivity (Wildman–Crippen MR) is 77.5 cm³/mol. The van der Waals surface area contributed by atoms with Gasteiger partial charge in [0.25, 0.3) is 5.91 Å². The number of rotatable bonds is 7. The number of hydrogen-bond donors (Lipinski definition) is 3. The standard InChI is InChI=1S/C15H21NO5/c1-9(2)11-6-10(4-5-14(11)21-3)15(20)16-12(7-17)13(19)8-18/h4-6,9,12,17-18H,7-8H2,1-3H3,(H,16,20). The Bertz CT molecular complexity index is 513. The van der Waals surface area contributed by atoms with Gasteiger partial charge in [-0.05, 0) is 29.7 Å². The van der Waals surface area contributed by atoms with E-state index >= 15 is 0 Å². The molecule has 3 N–H and O–H groups in total. The number of ether oxygens (including phenoxy) is 1. The highest BCUT2D eigenvalue weighted by Gasteiger charge is 2.20. The smallest absolute Gasteiger partial charge is 0.251 e. The number of aliphatic hydroxyl groups is 2. The van der Waals surface area contributed by atoms with Gasteiger partial charge in [-0.25, -0.2) is 0 Å². The maximum Gasteiger partial charge on any atom is 0.251 e. The molecule has 0 bridgehead atoms. The van der Waals surface area contributed by atoms with Gasteiger partial charge in [0.05, 0.1) is 13.7 Å². The Morgan fingerprint density at radius 3 is 2.43 bits per heavy atom. The Hall–Kier alpha value is -1.92. The van der Waals surface area contributed by atoms with Crippen LogP contribution < -0.4 is 10.1 Å². The number of carbonyl (C=O) groups is 2. The first-order chi connectivity index (χ1) is 9.94. The van der Waals surface area contributed by atoms with Crippen molar-refractivity contribution in [1.82, 2.24) is 5.32 Å². The number of benzene rings is 1. The molecule has 1 unspecified atom stereocenters. The van der Waals surface area contributed by atoms with Gasteiger partial charge in [0.2, 0.25) is 0 Å². The van der Waals surface area contributed by atoms with Crippen LogP contribution >= 0.6 is 0 Å². The second kappa shape index (κ2) is 7.75. The fourth-order valence-corrected chi connectivity index (χ4v) is 1.91. The lowest BCUT2D eigenvalue weighted by Crippen LogP contribution is -2.44. The SMILES string of the molecule is COc1ccc(C(=O)NC(CO)C(=O)CO)cc1C(C)C. The molecule has 0 saturated carbocycles. The Morgan fingerprint density at radius 1 is 1.29 bits per heavy atom. The number of hydrogen-bond acceptors (Lipinski definition) is 5. The van der Waals surface area contributed by atoms with E-state index < -0.39 is 30.9 Å². The van der Waals surface area contributed by atoms with Crippen molar-refractivity contribution >= 4 is 11.7 Å². The molecule has 1 amide bonds. The molecule has 6 nitrogen and oxygen atoms in total. The average Bonchev–Trinajstić information content (AvgIpc) is 2.50. The van der Waals surface area contributed by atoms with E-state index in [0.29, 0.717) is 11.3 Å². The van der Waals surface area contributed by atoms with Crippen LogP contribution in [0.15, 0.2) is 18.2 Å². The molecule has 0 heterocycles. The molecular weight excluding hydrogens is 274 g/mol. The van der Waals surface area contributed by atoms with E-state index in [1.54, 1.807) is 25.3 Å². The van der Waals surface area contributed by atoms with Crippen LogP contribution in [0.5, 0.6) is 5.75 Å². The van der Waals surface area contributed by atoms with Gasteiger partial charge in [0, 0.05) is 5.56 Å². The van der Waals surface area contributed by atoms with Crippen LogP contribution in [0.1, 0.15) is 35.7 Å². The molecule has 0 aliphatic carbocycles. The van der Waals surface area contributed by atoms with Crippen LogP contribution in [0.4, 0.5) is 0 Å². The lowest BCUT2D eigenvalue weighted by atomic mass is 9.99. The highest BCUT2D eigenvalue weighted by molar-refractivity contribution is 5.98. The van der Waals surface area contributed by atoms with Crippen molar-refractivity contribution < 1.29 is 24.5 Å². The van der Waals surface area contributed by atoms with Gasteiger partial charge in [-0.15, -0.1) is 0 Å². The summed E-state index contributed by atoms with van der Waals surface area (Å²) in [5.41, 5.74) is 1.24. The van der Waals surface area contributed by atoms with E-state index in [-0.39, 0.29) is 5.92 Å². The van der Waals surface area contributed by atoms with Gasteiger partial charge in [0.1, 0.15) is 18.4 Å². The molecule has 1 rings (SSSR count). The van der Waals surface area contributed by atoms with E-state index in [2.05, 4.69) is 5.32 Å². The summed E-state index contributed by atoms with van der Waals surface area (Å²) in [5, 5.41) is 20.3. The maximum atomic E-state index is 12.1. The molecule has 116 valence electrons. The van der Waals surface area contributed by atoms with Crippen molar-refractivity contribution in [3.8, 4) is 5.75 Å². The van der Waals surface area contributed by atoms with Crippen molar-refractivity contribution in [2.45, 2.75) is 25.8 Å². The van der Waals surface area contributed by atoms with Gasteiger partial charge in [-0.2, -0.15) is 0 Å². The van der Waals surface area contributed by atoms with Crippen LogP contribution in [0.2, 0.25) is 0 Å². The first-order valence-electron chi connectivity index (χ1n) is 6.67. The second-order valence-electron chi connectivity index (χ2n) is 4.94. The van der Waals surface area contributed by atoms with Gasteiger partial charge < -0.3 is 20.3 Å². The number of carbonyl (C=O) groups excluding carboxylic acids is 2. The van der Waals surface area contributed by atoms with Gasteiger partial charge in [-0.1, -0.05) is 13.8 Å². The molecule has 0 aromatic heterocycles. The fourth-order valence-electron chi connectivity index (χ4n) is 1.91. The number of aliphatic hydroxyl groups excluding tert-OH is 2. The lowest BCUT2D eigenvalue weighted by Gasteiger charge is -2.16. The first-order valence-corrected chi connectivity index (χ1v) is 6.67. The van der Waals surface area contributed by atoms with E-state index in [1.807, 2.05) is 13.8 Å². The number of ketones is 1. The van der Waals surface area contributed by atoms with Crippen LogP contribution in [0.3, 0.4) is 0 Å². The van der Waals surface area contributed by atoms with E-state index in [1.165, 1.54) is 0 Å². The zero-order valence-electron chi connectivity index (χ0n) is 12.4. The molecule has 0 fully saturated rings. The highest BCUT2D eigenvalue weighted by atomic mass is 16.5. The van der Waals surface area contributed by atoms with Crippen LogP contribution in [0.25, 0.3) is 0 Å². The molecule has 0 saturated heterocycles. The predicted octanol–water partition coefficient (Wildman–Crippen LogP) is 0.471. The van der Waals surface area contributed by atoms with E-state index in [0.717, 1.165) is 5.56 Å². The van der Waals surface area contributed by atoms with Crippen molar-refractivity contribution in [3.05, 3.63) is 29.3 Å². The summed E-state index contributed by atoms with van der Waals surface area (Å²) in [4.78, 5) is 23.5. The highest BCUT2D eigenvalue weighted by Crippen LogP contribution is 2.27. The summed E-state index contributed by atoms with van der Waals surface area (Å²) < 4.78 is 5.24. The maximum absolute atomic E-state index is 12.1. The summed E-state index contributed by atoms with van der Waals surface area (Å²) in [5.74, 6) is -0.268. The van der Waals surface area contributed by atoms with Crippen LogP contribution in [-0.4, -0.2) is 48.3 Å². The third-order valence-corrected chi connectivity index (χ3v) is 3.15. The monoisotopic (exact) mass is 295 g/mol. The minimum atomic E-state index is -1.10. The molecule has 1 atom stereocenters. The average molecular weight is 295 g/mol. The van der Waals surface area contributed by atoms with Crippen molar-refractivity contribution in [2.75, 3.05) is 20.3 Å². The van der Waals surface area contributed by atoms with Gasteiger partial charge in [-0.3, -0.25) is 9.59 Å². The third kappa shape index (κ3) is 4.27. The largest absolute Gasteiger partial charge is 0.496 e. The minimum Gasteiger partial charge on any atom is -0.496 e. The Kier molecular flexibility index (Phi) is 6.33. The van der Waals surface area contributed by atoms with Crippen molar-refractivity contribution in [1.29, 1.82) is 0 Å². The molecule has 0 aliphatic heterocycles. The zero-order valence-corrected chi connectivity index (χ0v) is 12.4. The summed E-state index contributed by atoms with van der Waals surface area (Å²) in [6.07, 6.45) is 0. The third-order valence-electron chi connectivity index (χ3n) is 3.15. The minimum absolute atomic E-state index is 0.167. The Balaban J connectivity index is 2.97. The molecule has 0 aliphatic rings.